The highest BCUT2D eigenvalue weighted by molar-refractivity contribution is 8.16. The van der Waals surface area contributed by atoms with E-state index in [1.54, 1.807) is 0 Å². The lowest BCUT2D eigenvalue weighted by atomic mass is 9.92. The fraction of sp³-hybridized carbons (Fsp3) is 0.296. The van der Waals surface area contributed by atoms with Gasteiger partial charge >= 0.3 is 5.97 Å². The Balaban J connectivity index is 1.53. The molecule has 1 fully saturated rings. The van der Waals surface area contributed by atoms with Crippen molar-refractivity contribution >= 4 is 28.8 Å². The number of para-hydroxylation sites is 1. The fourth-order valence-electron chi connectivity index (χ4n) is 4.27. The SMILES string of the molecule is CCC1=C(C(=O)OC)[C@@H](c2cccc(Oc3ccccc3)c2)N2C(CC(=O)NC3CC3)=CSC2=N1. The van der Waals surface area contributed by atoms with Crippen LogP contribution in [0.15, 0.2) is 82.0 Å². The van der Waals surface area contributed by atoms with Gasteiger partial charge in [0.15, 0.2) is 5.17 Å². The molecule has 0 bridgehead atoms. The quantitative estimate of drug-likeness (QED) is 0.508. The summed E-state index contributed by atoms with van der Waals surface area (Å²) in [5, 5.41) is 5.76. The first-order chi connectivity index (χ1) is 17.1. The topological polar surface area (TPSA) is 80.2 Å². The largest absolute Gasteiger partial charge is 0.466 e. The number of carbonyl (C=O) groups excluding carboxylic acids is 2. The number of benzene rings is 2. The lowest BCUT2D eigenvalue weighted by Crippen LogP contribution is -2.38. The number of thioether (sulfide) groups is 1. The normalized spacial score (nSPS) is 19.0. The number of hydrogen-bond donors (Lipinski definition) is 1. The molecule has 0 spiro atoms. The summed E-state index contributed by atoms with van der Waals surface area (Å²) in [4.78, 5) is 32.5. The van der Waals surface area contributed by atoms with Crippen molar-refractivity contribution in [1.29, 1.82) is 0 Å². The molecule has 5 rings (SSSR count). The number of ether oxygens (including phenoxy) is 2. The molecule has 7 nitrogen and oxygen atoms in total. The zero-order chi connectivity index (χ0) is 24.4. The van der Waals surface area contributed by atoms with Crippen LogP contribution in [0.25, 0.3) is 0 Å². The van der Waals surface area contributed by atoms with Crippen molar-refractivity contribution in [2.45, 2.75) is 44.7 Å². The van der Waals surface area contributed by atoms with Gasteiger partial charge in [0.1, 0.15) is 11.5 Å². The van der Waals surface area contributed by atoms with E-state index in [4.69, 9.17) is 14.5 Å². The number of nitrogens with zero attached hydrogens (tertiary/aromatic N) is 2. The van der Waals surface area contributed by atoms with E-state index in [0.29, 0.717) is 23.4 Å². The first-order valence-electron chi connectivity index (χ1n) is 11.7. The number of fused-ring (bicyclic) bond motifs is 1. The smallest absolute Gasteiger partial charge is 0.338 e. The van der Waals surface area contributed by atoms with E-state index in [9.17, 15) is 9.59 Å². The van der Waals surface area contributed by atoms with Crippen LogP contribution in [0.2, 0.25) is 0 Å². The molecule has 1 saturated carbocycles. The third-order valence-corrected chi connectivity index (χ3v) is 6.95. The van der Waals surface area contributed by atoms with Crippen molar-refractivity contribution < 1.29 is 19.1 Å². The Morgan fingerprint density at radius 3 is 2.60 bits per heavy atom. The van der Waals surface area contributed by atoms with Crippen LogP contribution in [0.5, 0.6) is 11.5 Å². The zero-order valence-electron chi connectivity index (χ0n) is 19.7. The van der Waals surface area contributed by atoms with E-state index in [1.807, 2.05) is 71.8 Å². The highest BCUT2D eigenvalue weighted by Gasteiger charge is 2.41. The molecule has 1 amide bonds. The molecule has 0 radical (unpaired) electrons. The van der Waals surface area contributed by atoms with Gasteiger partial charge in [-0.3, -0.25) is 4.79 Å². The van der Waals surface area contributed by atoms with Crippen molar-refractivity contribution in [3.05, 3.63) is 82.5 Å². The summed E-state index contributed by atoms with van der Waals surface area (Å²) in [6.45, 7) is 1.97. The molecule has 2 heterocycles. The summed E-state index contributed by atoms with van der Waals surface area (Å²) in [6.07, 6.45) is 2.86. The summed E-state index contributed by atoms with van der Waals surface area (Å²) in [7, 11) is 1.38. The van der Waals surface area contributed by atoms with E-state index in [-0.39, 0.29) is 18.4 Å². The molecule has 1 aliphatic carbocycles. The second kappa shape index (κ2) is 10.00. The van der Waals surface area contributed by atoms with Crippen LogP contribution in [0.3, 0.4) is 0 Å². The summed E-state index contributed by atoms with van der Waals surface area (Å²) in [5.41, 5.74) is 2.83. The van der Waals surface area contributed by atoms with Gasteiger partial charge in [-0.15, -0.1) is 0 Å². The highest BCUT2D eigenvalue weighted by atomic mass is 32.2. The second-order valence-corrected chi connectivity index (χ2v) is 9.44. The van der Waals surface area contributed by atoms with E-state index < -0.39 is 12.0 Å². The Morgan fingerprint density at radius 2 is 1.89 bits per heavy atom. The number of rotatable bonds is 8. The molecule has 2 aliphatic heterocycles. The van der Waals surface area contributed by atoms with E-state index >= 15 is 0 Å². The summed E-state index contributed by atoms with van der Waals surface area (Å²) in [6, 6.07) is 17.0. The van der Waals surface area contributed by atoms with Crippen LogP contribution in [-0.4, -0.2) is 35.1 Å². The van der Waals surface area contributed by atoms with E-state index in [2.05, 4.69) is 5.32 Å². The average molecular weight is 490 g/mol. The third kappa shape index (κ3) is 4.98. The minimum Gasteiger partial charge on any atom is -0.466 e. The first-order valence-corrected chi connectivity index (χ1v) is 12.6. The molecule has 2 aromatic carbocycles. The lowest BCUT2D eigenvalue weighted by Gasteiger charge is -2.36. The Morgan fingerprint density at radius 1 is 1.11 bits per heavy atom. The van der Waals surface area contributed by atoms with Gasteiger partial charge in [-0.05, 0) is 54.5 Å². The predicted octanol–water partition coefficient (Wildman–Crippen LogP) is 5.29. The zero-order valence-corrected chi connectivity index (χ0v) is 20.5. The summed E-state index contributed by atoms with van der Waals surface area (Å²) < 4.78 is 11.3. The van der Waals surface area contributed by atoms with Crippen molar-refractivity contribution in [2.24, 2.45) is 4.99 Å². The summed E-state index contributed by atoms with van der Waals surface area (Å²) in [5.74, 6) is 0.930. The standard InChI is InChI=1S/C27H27N3O4S/c1-3-22-24(26(32)33-2)25(17-8-7-11-21(14-17)34-20-9-5-4-6-10-20)30-19(16-35-27(30)29-22)15-23(31)28-18-12-13-18/h4-11,14,16,18,25H,3,12-13,15H2,1-2H3,(H,28,31)/t25-/m1/s1. The predicted molar refractivity (Wildman–Crippen MR) is 136 cm³/mol. The molecule has 3 aliphatic rings. The number of nitrogens with one attached hydrogen (secondary N) is 1. The number of allylic oxidation sites excluding steroid dienone is 1. The van der Waals surface area contributed by atoms with Gasteiger partial charge in [0, 0.05) is 11.7 Å². The molecular weight excluding hydrogens is 462 g/mol. The average Bonchev–Trinajstić information content (AvgIpc) is 3.61. The maximum atomic E-state index is 13.1. The number of amidine groups is 1. The maximum Gasteiger partial charge on any atom is 0.338 e. The van der Waals surface area contributed by atoms with Crippen LogP contribution in [0.1, 0.15) is 44.2 Å². The Bertz CT molecular complexity index is 1230. The molecule has 0 unspecified atom stereocenters. The Hall–Kier alpha value is -3.52. The number of amides is 1. The minimum atomic E-state index is -0.487. The molecular formula is C27H27N3O4S. The Kier molecular flexibility index (Phi) is 6.63. The Labute approximate surface area is 208 Å². The number of aliphatic imine (C=N–C) groups is 1. The molecule has 8 heteroatoms. The lowest BCUT2D eigenvalue weighted by molar-refractivity contribution is -0.136. The maximum absolute atomic E-state index is 13.1. The van der Waals surface area contributed by atoms with Crippen molar-refractivity contribution in [1.82, 2.24) is 10.2 Å². The van der Waals surface area contributed by atoms with Gasteiger partial charge in [0.05, 0.1) is 30.8 Å². The summed E-state index contributed by atoms with van der Waals surface area (Å²) >= 11 is 1.47. The highest BCUT2D eigenvalue weighted by Crippen LogP contribution is 2.46. The molecule has 180 valence electrons. The van der Waals surface area contributed by atoms with Crippen LogP contribution < -0.4 is 10.1 Å². The van der Waals surface area contributed by atoms with Crippen molar-refractivity contribution in [3.8, 4) is 11.5 Å². The molecule has 0 aromatic heterocycles. The van der Waals surface area contributed by atoms with Crippen molar-refractivity contribution in [2.75, 3.05) is 7.11 Å². The van der Waals surface area contributed by atoms with Gasteiger partial charge in [-0.1, -0.05) is 49.0 Å². The van der Waals surface area contributed by atoms with Crippen LogP contribution >= 0.6 is 11.8 Å². The number of methoxy groups -OCH3 is 1. The molecule has 0 saturated heterocycles. The van der Waals surface area contributed by atoms with Gasteiger partial charge in [-0.25, -0.2) is 9.79 Å². The number of hydrogen-bond acceptors (Lipinski definition) is 7. The molecule has 1 atom stereocenters. The molecule has 1 N–H and O–H groups in total. The van der Waals surface area contributed by atoms with Gasteiger partial charge in [0.25, 0.3) is 0 Å². The molecule has 35 heavy (non-hydrogen) atoms. The van der Waals surface area contributed by atoms with E-state index in [1.165, 1.54) is 18.9 Å². The molecule has 2 aromatic rings. The minimum absolute atomic E-state index is 0.0228. The van der Waals surface area contributed by atoms with E-state index in [0.717, 1.165) is 35.0 Å². The number of esters is 1. The monoisotopic (exact) mass is 489 g/mol. The van der Waals surface area contributed by atoms with Crippen molar-refractivity contribution in [3.63, 3.8) is 0 Å². The van der Waals surface area contributed by atoms with Crippen LogP contribution in [0.4, 0.5) is 0 Å². The fourth-order valence-corrected chi connectivity index (χ4v) is 5.21. The number of carbonyl (C=O) groups is 2. The third-order valence-electron chi connectivity index (χ3n) is 6.07. The van der Waals surface area contributed by atoms with Gasteiger partial charge in [-0.2, -0.15) is 0 Å². The second-order valence-electron chi connectivity index (χ2n) is 8.61. The first kappa shape index (κ1) is 23.2. The van der Waals surface area contributed by atoms with Crippen LogP contribution in [-0.2, 0) is 14.3 Å². The van der Waals surface area contributed by atoms with Crippen LogP contribution in [0, 0.1) is 0 Å². The van der Waals surface area contributed by atoms with Gasteiger partial charge < -0.3 is 19.7 Å². The van der Waals surface area contributed by atoms with Gasteiger partial charge in [0.2, 0.25) is 5.91 Å².